The maximum Gasteiger partial charge on any atom is 0.224 e. The molecule has 1 N–H and O–H groups in total. The molecule has 0 atom stereocenters. The summed E-state index contributed by atoms with van der Waals surface area (Å²) in [5, 5.41) is 2.92. The third-order valence-corrected chi connectivity index (χ3v) is 3.00. The van der Waals surface area contributed by atoms with Crippen LogP contribution in [0.1, 0.15) is 53.9 Å². The fourth-order valence-corrected chi connectivity index (χ4v) is 2.01. The SMILES string of the molecule is CC(C)(C)CC(=O)Nc1ccc2oc(C(C)(C)C)nc2c1. The Labute approximate surface area is 125 Å². The van der Waals surface area contributed by atoms with Crippen LogP contribution >= 0.6 is 0 Å². The summed E-state index contributed by atoms with van der Waals surface area (Å²) in [7, 11) is 0. The van der Waals surface area contributed by atoms with Gasteiger partial charge in [-0.3, -0.25) is 4.79 Å². The Morgan fingerprint density at radius 3 is 2.43 bits per heavy atom. The zero-order chi connectivity index (χ0) is 15.8. The number of carbonyl (C=O) groups is 1. The number of oxazole rings is 1. The van der Waals surface area contributed by atoms with E-state index in [2.05, 4.69) is 31.1 Å². The van der Waals surface area contributed by atoms with Crippen molar-refractivity contribution in [2.45, 2.75) is 53.4 Å². The first-order valence-corrected chi connectivity index (χ1v) is 7.25. The minimum Gasteiger partial charge on any atom is -0.440 e. The summed E-state index contributed by atoms with van der Waals surface area (Å²) >= 11 is 0. The smallest absolute Gasteiger partial charge is 0.224 e. The summed E-state index contributed by atoms with van der Waals surface area (Å²) in [4.78, 5) is 16.5. The van der Waals surface area contributed by atoms with Crippen molar-refractivity contribution in [2.75, 3.05) is 5.32 Å². The van der Waals surface area contributed by atoms with Crippen molar-refractivity contribution in [1.29, 1.82) is 0 Å². The summed E-state index contributed by atoms with van der Waals surface area (Å²) in [6.07, 6.45) is 0.483. The lowest BCUT2D eigenvalue weighted by atomic mass is 9.92. The third-order valence-electron chi connectivity index (χ3n) is 3.00. The van der Waals surface area contributed by atoms with Gasteiger partial charge in [0.15, 0.2) is 5.58 Å². The van der Waals surface area contributed by atoms with Crippen molar-refractivity contribution in [1.82, 2.24) is 4.98 Å². The highest BCUT2D eigenvalue weighted by molar-refractivity contribution is 5.93. The lowest BCUT2D eigenvalue weighted by molar-refractivity contribution is -0.117. The lowest BCUT2D eigenvalue weighted by Crippen LogP contribution is -2.19. The molecule has 0 fully saturated rings. The summed E-state index contributed by atoms with van der Waals surface area (Å²) in [5.74, 6) is 0.719. The first-order chi connectivity index (χ1) is 9.54. The van der Waals surface area contributed by atoms with Crippen molar-refractivity contribution in [3.63, 3.8) is 0 Å². The van der Waals surface area contributed by atoms with Crippen LogP contribution in [0.5, 0.6) is 0 Å². The Balaban J connectivity index is 2.21. The molecule has 0 spiro atoms. The highest BCUT2D eigenvalue weighted by Crippen LogP contribution is 2.27. The molecular formula is C17H24N2O2. The number of hydrogen-bond donors (Lipinski definition) is 1. The van der Waals surface area contributed by atoms with Crippen LogP contribution in [0.2, 0.25) is 0 Å². The number of rotatable bonds is 2. The van der Waals surface area contributed by atoms with Gasteiger partial charge in [0.2, 0.25) is 11.8 Å². The first kappa shape index (κ1) is 15.5. The van der Waals surface area contributed by atoms with Crippen LogP contribution < -0.4 is 5.32 Å². The molecule has 1 amide bonds. The summed E-state index contributed by atoms with van der Waals surface area (Å²) < 4.78 is 5.75. The Morgan fingerprint density at radius 2 is 1.86 bits per heavy atom. The molecule has 21 heavy (non-hydrogen) atoms. The Kier molecular flexibility index (Phi) is 3.83. The highest BCUT2D eigenvalue weighted by atomic mass is 16.3. The van der Waals surface area contributed by atoms with E-state index < -0.39 is 0 Å². The molecule has 1 aromatic carbocycles. The molecule has 1 heterocycles. The van der Waals surface area contributed by atoms with Gasteiger partial charge >= 0.3 is 0 Å². The van der Waals surface area contributed by atoms with Gasteiger partial charge in [-0.05, 0) is 23.6 Å². The minimum atomic E-state index is -0.130. The van der Waals surface area contributed by atoms with Crippen LogP contribution in [-0.2, 0) is 10.2 Å². The lowest BCUT2D eigenvalue weighted by Gasteiger charge is -2.17. The second kappa shape index (κ2) is 5.17. The summed E-state index contributed by atoms with van der Waals surface area (Å²) in [5.41, 5.74) is 2.11. The van der Waals surface area contributed by atoms with Crippen LogP contribution in [0.25, 0.3) is 11.1 Å². The van der Waals surface area contributed by atoms with Gasteiger partial charge in [0.1, 0.15) is 5.52 Å². The molecule has 0 radical (unpaired) electrons. The van der Waals surface area contributed by atoms with Crippen LogP contribution in [0, 0.1) is 5.41 Å². The van der Waals surface area contributed by atoms with E-state index >= 15 is 0 Å². The molecule has 4 heteroatoms. The van der Waals surface area contributed by atoms with Crippen molar-refractivity contribution in [2.24, 2.45) is 5.41 Å². The Morgan fingerprint density at radius 1 is 1.19 bits per heavy atom. The van der Waals surface area contributed by atoms with Crippen LogP contribution in [0.3, 0.4) is 0 Å². The Hall–Kier alpha value is -1.84. The molecular weight excluding hydrogens is 264 g/mol. The second-order valence-corrected chi connectivity index (χ2v) is 7.74. The fourth-order valence-electron chi connectivity index (χ4n) is 2.01. The molecule has 0 unspecified atom stereocenters. The van der Waals surface area contributed by atoms with E-state index in [9.17, 15) is 4.79 Å². The predicted molar refractivity (Wildman–Crippen MR) is 85.4 cm³/mol. The van der Waals surface area contributed by atoms with Crippen molar-refractivity contribution < 1.29 is 9.21 Å². The molecule has 0 aliphatic rings. The van der Waals surface area contributed by atoms with Gasteiger partial charge in [-0.1, -0.05) is 41.5 Å². The molecule has 0 bridgehead atoms. The molecule has 114 valence electrons. The van der Waals surface area contributed by atoms with Gasteiger partial charge in [0, 0.05) is 17.5 Å². The third kappa shape index (κ3) is 4.06. The van der Waals surface area contributed by atoms with E-state index in [1.807, 2.05) is 39.0 Å². The van der Waals surface area contributed by atoms with Crippen LogP contribution in [0.15, 0.2) is 22.6 Å². The van der Waals surface area contributed by atoms with Gasteiger partial charge in [-0.2, -0.15) is 0 Å². The number of anilines is 1. The van der Waals surface area contributed by atoms with Crippen molar-refractivity contribution >= 4 is 22.7 Å². The second-order valence-electron chi connectivity index (χ2n) is 7.74. The van der Waals surface area contributed by atoms with Gasteiger partial charge in [0.05, 0.1) is 0 Å². The average Bonchev–Trinajstić information content (AvgIpc) is 2.68. The number of amides is 1. The average molecular weight is 288 g/mol. The molecule has 4 nitrogen and oxygen atoms in total. The van der Waals surface area contributed by atoms with Crippen molar-refractivity contribution in [3.05, 3.63) is 24.1 Å². The quantitative estimate of drug-likeness (QED) is 0.885. The normalized spacial score (nSPS) is 12.7. The number of nitrogens with zero attached hydrogens (tertiary/aromatic N) is 1. The molecule has 0 aliphatic carbocycles. The Bertz CT molecular complexity index is 657. The van der Waals surface area contributed by atoms with E-state index in [0.717, 1.165) is 16.8 Å². The van der Waals surface area contributed by atoms with Gasteiger partial charge < -0.3 is 9.73 Å². The zero-order valence-electron chi connectivity index (χ0n) is 13.7. The molecule has 0 saturated heterocycles. The number of carbonyl (C=O) groups excluding carboxylic acids is 1. The van der Waals surface area contributed by atoms with Crippen LogP contribution in [0.4, 0.5) is 5.69 Å². The molecule has 2 rings (SSSR count). The number of nitrogens with one attached hydrogen (secondary N) is 1. The monoisotopic (exact) mass is 288 g/mol. The van der Waals surface area contributed by atoms with E-state index in [1.165, 1.54) is 0 Å². The maximum atomic E-state index is 12.0. The summed E-state index contributed by atoms with van der Waals surface area (Å²) in [6, 6.07) is 5.55. The van der Waals surface area contributed by atoms with E-state index in [-0.39, 0.29) is 16.7 Å². The largest absolute Gasteiger partial charge is 0.440 e. The number of benzene rings is 1. The van der Waals surface area contributed by atoms with E-state index in [1.54, 1.807) is 0 Å². The van der Waals surface area contributed by atoms with Gasteiger partial charge in [-0.15, -0.1) is 0 Å². The molecule has 0 saturated carbocycles. The first-order valence-electron chi connectivity index (χ1n) is 7.25. The van der Waals surface area contributed by atoms with E-state index in [0.29, 0.717) is 12.3 Å². The molecule has 2 aromatic rings. The summed E-state index contributed by atoms with van der Waals surface area (Å²) in [6.45, 7) is 12.3. The van der Waals surface area contributed by atoms with Gasteiger partial charge in [-0.25, -0.2) is 4.98 Å². The number of hydrogen-bond acceptors (Lipinski definition) is 3. The number of aromatic nitrogens is 1. The predicted octanol–water partition coefficient (Wildman–Crippen LogP) is 4.50. The minimum absolute atomic E-state index is 0.0152. The number of fused-ring (bicyclic) bond motifs is 1. The van der Waals surface area contributed by atoms with Crippen LogP contribution in [-0.4, -0.2) is 10.9 Å². The van der Waals surface area contributed by atoms with E-state index in [4.69, 9.17) is 4.42 Å². The molecule has 1 aromatic heterocycles. The highest BCUT2D eigenvalue weighted by Gasteiger charge is 2.21. The topological polar surface area (TPSA) is 55.1 Å². The maximum absolute atomic E-state index is 12.0. The fraction of sp³-hybridized carbons (Fsp3) is 0.529. The van der Waals surface area contributed by atoms with Crippen molar-refractivity contribution in [3.8, 4) is 0 Å². The standard InChI is InChI=1S/C17H24N2O2/c1-16(2,3)10-14(20)18-11-7-8-13-12(9-11)19-15(21-13)17(4,5)6/h7-9H,10H2,1-6H3,(H,18,20). The molecule has 0 aliphatic heterocycles. The van der Waals surface area contributed by atoms with Gasteiger partial charge in [0.25, 0.3) is 0 Å². The zero-order valence-corrected chi connectivity index (χ0v) is 13.7.